The zero-order chi connectivity index (χ0) is 14.6. The van der Waals surface area contributed by atoms with Gasteiger partial charge in [0.15, 0.2) is 0 Å². The van der Waals surface area contributed by atoms with Gasteiger partial charge in [0.2, 0.25) is 0 Å². The zero-order valence-corrected chi connectivity index (χ0v) is 11.9. The average molecular weight is 266 g/mol. The molecule has 5 heteroatoms. The molecule has 1 heterocycles. The Kier molecular flexibility index (Phi) is 5.30. The van der Waals surface area contributed by atoms with Crippen LogP contribution in [0.25, 0.3) is 0 Å². The van der Waals surface area contributed by atoms with Crippen LogP contribution in [0.15, 0.2) is 10.9 Å². The summed E-state index contributed by atoms with van der Waals surface area (Å²) in [5, 5.41) is 12.3. The Hall–Kier alpha value is -1.62. The van der Waals surface area contributed by atoms with Gasteiger partial charge in [0.25, 0.3) is 11.5 Å². The molecular weight excluding hydrogens is 244 g/mol. The van der Waals surface area contributed by atoms with Gasteiger partial charge in [-0.05, 0) is 37.8 Å². The molecule has 0 aliphatic carbocycles. The Bertz CT molecular complexity index is 506. The standard InChI is InChI=1S/C14H22N2O3/c1-8(2)5-11(17)7-15-13(18)12-9(3)6-10(4)16-14(12)19/h6,8,11,17H,5,7H2,1-4H3,(H,15,18)(H,16,19). The van der Waals surface area contributed by atoms with Crippen molar-refractivity contribution in [1.82, 2.24) is 10.3 Å². The van der Waals surface area contributed by atoms with Crippen LogP contribution in [0.5, 0.6) is 0 Å². The lowest BCUT2D eigenvalue weighted by atomic mass is 10.1. The monoisotopic (exact) mass is 266 g/mol. The quantitative estimate of drug-likeness (QED) is 0.747. The van der Waals surface area contributed by atoms with E-state index in [4.69, 9.17) is 0 Å². The van der Waals surface area contributed by atoms with E-state index >= 15 is 0 Å². The average Bonchev–Trinajstić information content (AvgIpc) is 2.23. The molecule has 1 rings (SSSR count). The number of aryl methyl sites for hydroxylation is 2. The first-order valence-corrected chi connectivity index (χ1v) is 6.48. The Balaban J connectivity index is 2.72. The molecule has 19 heavy (non-hydrogen) atoms. The summed E-state index contributed by atoms with van der Waals surface area (Å²) in [5.74, 6) is -0.0852. The van der Waals surface area contributed by atoms with Gasteiger partial charge in [0.1, 0.15) is 5.56 Å². The number of pyridine rings is 1. The molecule has 1 aromatic rings. The summed E-state index contributed by atoms with van der Waals surface area (Å²) in [6.45, 7) is 7.65. The number of amides is 1. The van der Waals surface area contributed by atoms with Crippen LogP contribution in [0.3, 0.4) is 0 Å². The Morgan fingerprint density at radius 1 is 1.42 bits per heavy atom. The van der Waals surface area contributed by atoms with Crippen molar-refractivity contribution in [2.75, 3.05) is 6.54 Å². The van der Waals surface area contributed by atoms with E-state index in [1.54, 1.807) is 19.9 Å². The van der Waals surface area contributed by atoms with E-state index in [1.165, 1.54) is 0 Å². The molecule has 1 unspecified atom stereocenters. The van der Waals surface area contributed by atoms with Crippen LogP contribution >= 0.6 is 0 Å². The maximum Gasteiger partial charge on any atom is 0.261 e. The molecule has 0 saturated carbocycles. The molecule has 0 aromatic carbocycles. The van der Waals surface area contributed by atoms with Gasteiger partial charge in [-0.2, -0.15) is 0 Å². The first-order chi connectivity index (χ1) is 8.81. The Labute approximate surface area is 113 Å². The fourth-order valence-electron chi connectivity index (χ4n) is 2.06. The second-order valence-electron chi connectivity index (χ2n) is 5.33. The largest absolute Gasteiger partial charge is 0.391 e. The van der Waals surface area contributed by atoms with E-state index in [0.717, 1.165) is 5.69 Å². The minimum Gasteiger partial charge on any atom is -0.391 e. The maximum atomic E-state index is 11.9. The molecule has 0 aliphatic heterocycles. The lowest BCUT2D eigenvalue weighted by molar-refractivity contribution is 0.0898. The van der Waals surface area contributed by atoms with Crippen molar-refractivity contribution in [3.05, 3.63) is 33.2 Å². The van der Waals surface area contributed by atoms with Gasteiger partial charge >= 0.3 is 0 Å². The number of rotatable bonds is 5. The highest BCUT2D eigenvalue weighted by Gasteiger charge is 2.15. The fraction of sp³-hybridized carbons (Fsp3) is 0.571. The van der Waals surface area contributed by atoms with Crippen LogP contribution in [-0.2, 0) is 0 Å². The normalized spacial score (nSPS) is 12.5. The highest BCUT2D eigenvalue weighted by Crippen LogP contribution is 2.05. The molecule has 0 spiro atoms. The second kappa shape index (κ2) is 6.52. The Morgan fingerprint density at radius 2 is 2.05 bits per heavy atom. The summed E-state index contributed by atoms with van der Waals surface area (Å²) < 4.78 is 0. The van der Waals surface area contributed by atoms with Crippen LogP contribution in [0.1, 0.15) is 41.9 Å². The lowest BCUT2D eigenvalue weighted by Crippen LogP contribution is -2.36. The third-order valence-electron chi connectivity index (χ3n) is 2.83. The number of aromatic amines is 1. The van der Waals surface area contributed by atoms with Gasteiger partial charge in [0, 0.05) is 12.2 Å². The molecule has 0 saturated heterocycles. The van der Waals surface area contributed by atoms with Crippen LogP contribution < -0.4 is 10.9 Å². The maximum absolute atomic E-state index is 11.9. The topological polar surface area (TPSA) is 82.2 Å². The molecule has 0 fully saturated rings. The van der Waals surface area contributed by atoms with E-state index in [2.05, 4.69) is 10.3 Å². The molecule has 0 aliphatic rings. The first-order valence-electron chi connectivity index (χ1n) is 6.48. The molecule has 1 amide bonds. The minimum atomic E-state index is -0.589. The summed E-state index contributed by atoms with van der Waals surface area (Å²) in [5.41, 5.74) is 1.08. The highest BCUT2D eigenvalue weighted by atomic mass is 16.3. The molecule has 0 radical (unpaired) electrons. The van der Waals surface area contributed by atoms with Crippen molar-refractivity contribution < 1.29 is 9.90 Å². The van der Waals surface area contributed by atoms with E-state index < -0.39 is 17.6 Å². The molecular formula is C14H22N2O3. The number of carbonyl (C=O) groups is 1. The van der Waals surface area contributed by atoms with Crippen molar-refractivity contribution in [2.24, 2.45) is 5.92 Å². The number of aliphatic hydroxyl groups is 1. The predicted octanol–water partition coefficient (Wildman–Crippen LogP) is 1.13. The summed E-state index contributed by atoms with van der Waals surface area (Å²) in [6, 6.07) is 1.75. The van der Waals surface area contributed by atoms with E-state index in [9.17, 15) is 14.7 Å². The molecule has 0 bridgehead atoms. The molecule has 1 atom stereocenters. The van der Waals surface area contributed by atoms with Gasteiger partial charge in [-0.15, -0.1) is 0 Å². The number of hydrogen-bond donors (Lipinski definition) is 3. The van der Waals surface area contributed by atoms with E-state index in [0.29, 0.717) is 17.9 Å². The molecule has 1 aromatic heterocycles. The second-order valence-corrected chi connectivity index (χ2v) is 5.33. The lowest BCUT2D eigenvalue weighted by Gasteiger charge is -2.14. The predicted molar refractivity (Wildman–Crippen MR) is 74.3 cm³/mol. The highest BCUT2D eigenvalue weighted by molar-refractivity contribution is 5.95. The summed E-state index contributed by atoms with van der Waals surface area (Å²) in [6.07, 6.45) is 0.0255. The summed E-state index contributed by atoms with van der Waals surface area (Å²) >= 11 is 0. The van der Waals surface area contributed by atoms with E-state index in [1.807, 2.05) is 13.8 Å². The molecule has 5 nitrogen and oxygen atoms in total. The molecule has 3 N–H and O–H groups in total. The van der Waals surface area contributed by atoms with Crippen LogP contribution in [0.2, 0.25) is 0 Å². The third-order valence-corrected chi connectivity index (χ3v) is 2.83. The van der Waals surface area contributed by atoms with Gasteiger partial charge in [-0.1, -0.05) is 13.8 Å². The summed E-state index contributed by atoms with van der Waals surface area (Å²) in [7, 11) is 0. The van der Waals surface area contributed by atoms with Crippen molar-refractivity contribution in [2.45, 2.75) is 40.2 Å². The van der Waals surface area contributed by atoms with Crippen LogP contribution in [0, 0.1) is 19.8 Å². The minimum absolute atomic E-state index is 0.113. The number of nitrogens with one attached hydrogen (secondary N) is 2. The van der Waals surface area contributed by atoms with E-state index in [-0.39, 0.29) is 12.1 Å². The van der Waals surface area contributed by atoms with Crippen molar-refractivity contribution in [1.29, 1.82) is 0 Å². The Morgan fingerprint density at radius 3 is 2.58 bits per heavy atom. The zero-order valence-electron chi connectivity index (χ0n) is 11.9. The number of carbonyl (C=O) groups excluding carboxylic acids is 1. The first kappa shape index (κ1) is 15.4. The number of H-pyrrole nitrogens is 1. The van der Waals surface area contributed by atoms with Gasteiger partial charge in [0.05, 0.1) is 6.10 Å². The van der Waals surface area contributed by atoms with Crippen molar-refractivity contribution >= 4 is 5.91 Å². The third kappa shape index (κ3) is 4.52. The van der Waals surface area contributed by atoms with Crippen molar-refractivity contribution in [3.63, 3.8) is 0 Å². The van der Waals surface area contributed by atoms with Gasteiger partial charge < -0.3 is 15.4 Å². The van der Waals surface area contributed by atoms with Crippen LogP contribution in [0.4, 0.5) is 0 Å². The smallest absolute Gasteiger partial charge is 0.261 e. The SMILES string of the molecule is Cc1cc(C)c(C(=O)NCC(O)CC(C)C)c(=O)[nH]1. The van der Waals surface area contributed by atoms with Gasteiger partial charge in [-0.3, -0.25) is 9.59 Å². The number of hydrogen-bond acceptors (Lipinski definition) is 3. The molecule has 106 valence electrons. The summed E-state index contributed by atoms with van der Waals surface area (Å²) in [4.78, 5) is 26.3. The van der Waals surface area contributed by atoms with Gasteiger partial charge in [-0.25, -0.2) is 0 Å². The number of aliphatic hydroxyl groups excluding tert-OH is 1. The van der Waals surface area contributed by atoms with Crippen molar-refractivity contribution in [3.8, 4) is 0 Å². The van der Waals surface area contributed by atoms with Crippen LogP contribution in [-0.4, -0.2) is 28.6 Å². The fourth-order valence-corrected chi connectivity index (χ4v) is 2.06. The number of aromatic nitrogens is 1.